The highest BCUT2D eigenvalue weighted by Gasteiger charge is 2.26. The summed E-state index contributed by atoms with van der Waals surface area (Å²) in [5.41, 5.74) is 2.00. The minimum atomic E-state index is -3.37. The molecule has 2 heterocycles. The number of hydrogen-bond acceptors (Lipinski definition) is 4. The molecule has 9 heteroatoms. The van der Waals surface area contributed by atoms with Gasteiger partial charge in [0, 0.05) is 44.5 Å². The van der Waals surface area contributed by atoms with Crippen molar-refractivity contribution < 1.29 is 8.42 Å². The fraction of sp³-hybridized carbons (Fsp3) is 0.429. The van der Waals surface area contributed by atoms with E-state index >= 15 is 0 Å². The lowest BCUT2D eigenvalue weighted by atomic mass is 10.2. The summed E-state index contributed by atoms with van der Waals surface area (Å²) in [7, 11) is -3.37. The molecule has 1 aliphatic rings. The molecular weight excluding hydrogens is 513 g/mol. The maximum Gasteiger partial charge on any atom is 0.243 e. The van der Waals surface area contributed by atoms with Gasteiger partial charge in [0.25, 0.3) is 0 Å². The van der Waals surface area contributed by atoms with Crippen LogP contribution in [-0.2, 0) is 23.0 Å². The lowest BCUT2D eigenvalue weighted by molar-refractivity contribution is 0.477. The number of aromatic nitrogens is 1. The van der Waals surface area contributed by atoms with Gasteiger partial charge in [-0.3, -0.25) is 4.98 Å². The molecule has 2 N–H and O–H groups in total. The zero-order valence-corrected chi connectivity index (χ0v) is 20.4. The van der Waals surface area contributed by atoms with Crippen LogP contribution in [-0.4, -0.2) is 49.8 Å². The maximum absolute atomic E-state index is 12.6. The fourth-order valence-corrected chi connectivity index (χ4v) is 4.73. The fourth-order valence-electron chi connectivity index (χ4n) is 3.21. The molecule has 7 nitrogen and oxygen atoms in total. The van der Waals surface area contributed by atoms with E-state index in [-0.39, 0.29) is 24.0 Å². The van der Waals surface area contributed by atoms with Crippen LogP contribution in [0.5, 0.6) is 0 Å². The molecule has 1 fully saturated rings. The SMILES string of the molecule is CCNC(=NCc1ccc(S(=O)(=O)N2CCCC2)cc1)NCCc1ccccn1.I. The molecular formula is C21H30IN5O2S. The van der Waals surface area contributed by atoms with Gasteiger partial charge in [-0.05, 0) is 49.6 Å². The van der Waals surface area contributed by atoms with Crippen molar-refractivity contribution in [2.24, 2.45) is 4.99 Å². The van der Waals surface area contributed by atoms with Crippen molar-refractivity contribution >= 4 is 40.0 Å². The van der Waals surface area contributed by atoms with Crippen molar-refractivity contribution in [3.05, 3.63) is 59.9 Å². The Bertz CT molecular complexity index is 899. The average Bonchev–Trinajstić information content (AvgIpc) is 3.29. The molecule has 1 aromatic heterocycles. The topological polar surface area (TPSA) is 86.7 Å². The Labute approximate surface area is 196 Å². The summed E-state index contributed by atoms with van der Waals surface area (Å²) in [6.07, 6.45) is 4.48. The Balaban J connectivity index is 0.00000320. The van der Waals surface area contributed by atoms with E-state index in [1.165, 1.54) is 0 Å². The minimum absolute atomic E-state index is 0. The zero-order chi connectivity index (χ0) is 20.5. The molecule has 2 aromatic rings. The largest absolute Gasteiger partial charge is 0.357 e. The quantitative estimate of drug-likeness (QED) is 0.304. The normalized spacial score (nSPS) is 14.9. The molecule has 164 valence electrons. The lowest BCUT2D eigenvalue weighted by Gasteiger charge is -2.15. The third kappa shape index (κ3) is 6.92. The molecule has 0 unspecified atom stereocenters. The molecule has 0 amide bonds. The van der Waals surface area contributed by atoms with Crippen LogP contribution in [0.1, 0.15) is 31.0 Å². The molecule has 0 aliphatic carbocycles. The molecule has 0 bridgehead atoms. The maximum atomic E-state index is 12.6. The van der Waals surface area contributed by atoms with Gasteiger partial charge in [-0.2, -0.15) is 4.31 Å². The first-order chi connectivity index (χ1) is 14.1. The molecule has 0 radical (unpaired) electrons. The number of halogens is 1. The average molecular weight is 543 g/mol. The Morgan fingerprint density at radius 3 is 2.47 bits per heavy atom. The van der Waals surface area contributed by atoms with Crippen molar-refractivity contribution in [2.45, 2.75) is 37.6 Å². The summed E-state index contributed by atoms with van der Waals surface area (Å²) in [5.74, 6) is 0.734. The van der Waals surface area contributed by atoms with Crippen molar-refractivity contribution in [1.82, 2.24) is 19.9 Å². The monoisotopic (exact) mass is 543 g/mol. The van der Waals surface area contributed by atoms with E-state index in [9.17, 15) is 8.42 Å². The van der Waals surface area contributed by atoms with Crippen molar-refractivity contribution in [3.8, 4) is 0 Å². The summed E-state index contributed by atoms with van der Waals surface area (Å²) < 4.78 is 26.8. The van der Waals surface area contributed by atoms with Crippen molar-refractivity contribution in [1.29, 1.82) is 0 Å². The van der Waals surface area contributed by atoms with Gasteiger partial charge in [0.05, 0.1) is 11.4 Å². The highest BCUT2D eigenvalue weighted by molar-refractivity contribution is 14.0. The standard InChI is InChI=1S/C21H29N5O2S.HI/c1-2-22-21(24-14-12-19-7-3-4-13-23-19)25-17-18-8-10-20(11-9-18)29(27,28)26-15-5-6-16-26;/h3-4,7-11,13H,2,5-6,12,14-17H2,1H3,(H2,22,24,25);1H. The predicted octanol–water partition coefficient (Wildman–Crippen LogP) is 2.78. The molecule has 3 rings (SSSR count). The van der Waals surface area contributed by atoms with Crippen LogP contribution in [0.15, 0.2) is 58.5 Å². The summed E-state index contributed by atoms with van der Waals surface area (Å²) in [6, 6.07) is 12.9. The van der Waals surface area contributed by atoms with Crippen LogP contribution in [0.25, 0.3) is 0 Å². The molecule has 0 atom stereocenters. The van der Waals surface area contributed by atoms with Gasteiger partial charge in [0.1, 0.15) is 0 Å². The summed E-state index contributed by atoms with van der Waals surface area (Å²) in [6.45, 7) is 5.23. The Hall–Kier alpha value is -1.72. The van der Waals surface area contributed by atoms with Crippen molar-refractivity contribution in [2.75, 3.05) is 26.2 Å². The van der Waals surface area contributed by atoms with Gasteiger partial charge in [-0.15, -0.1) is 24.0 Å². The summed E-state index contributed by atoms with van der Waals surface area (Å²) >= 11 is 0. The van der Waals surface area contributed by atoms with Crippen LogP contribution in [0, 0.1) is 0 Å². The molecule has 0 spiro atoms. The van der Waals surface area contributed by atoms with E-state index in [0.29, 0.717) is 24.5 Å². The smallest absolute Gasteiger partial charge is 0.243 e. The first-order valence-electron chi connectivity index (χ1n) is 10.1. The number of hydrogen-bond donors (Lipinski definition) is 2. The van der Waals surface area contributed by atoms with Crippen LogP contribution in [0.3, 0.4) is 0 Å². The lowest BCUT2D eigenvalue weighted by Crippen LogP contribution is -2.38. The highest BCUT2D eigenvalue weighted by Crippen LogP contribution is 2.21. The third-order valence-corrected chi connectivity index (χ3v) is 6.70. The number of rotatable bonds is 8. The Morgan fingerprint density at radius 1 is 1.10 bits per heavy atom. The summed E-state index contributed by atoms with van der Waals surface area (Å²) in [5, 5.41) is 6.54. The Morgan fingerprint density at radius 2 is 1.83 bits per heavy atom. The van der Waals surface area contributed by atoms with E-state index < -0.39 is 10.0 Å². The van der Waals surface area contributed by atoms with Crippen LogP contribution >= 0.6 is 24.0 Å². The number of sulfonamides is 1. The van der Waals surface area contributed by atoms with E-state index in [1.54, 1.807) is 22.6 Å². The molecule has 1 aromatic carbocycles. The molecule has 0 saturated carbocycles. The second kappa shape index (κ2) is 12.2. The van der Waals surface area contributed by atoms with Gasteiger partial charge in [0.15, 0.2) is 5.96 Å². The first kappa shape index (κ1) is 24.5. The van der Waals surface area contributed by atoms with Gasteiger partial charge < -0.3 is 10.6 Å². The van der Waals surface area contributed by atoms with Gasteiger partial charge in [-0.25, -0.2) is 13.4 Å². The van der Waals surface area contributed by atoms with Crippen LogP contribution in [0.4, 0.5) is 0 Å². The third-order valence-electron chi connectivity index (χ3n) is 4.79. The summed E-state index contributed by atoms with van der Waals surface area (Å²) in [4.78, 5) is 9.27. The Kier molecular flexibility index (Phi) is 9.99. The van der Waals surface area contributed by atoms with Crippen molar-refractivity contribution in [3.63, 3.8) is 0 Å². The molecule has 1 saturated heterocycles. The second-order valence-corrected chi connectivity index (χ2v) is 8.89. The first-order valence-corrected chi connectivity index (χ1v) is 11.5. The van der Waals surface area contributed by atoms with E-state index in [2.05, 4.69) is 20.6 Å². The minimum Gasteiger partial charge on any atom is -0.357 e. The van der Waals surface area contributed by atoms with E-state index in [1.807, 2.05) is 37.3 Å². The number of benzene rings is 1. The van der Waals surface area contributed by atoms with Gasteiger partial charge >= 0.3 is 0 Å². The molecule has 1 aliphatic heterocycles. The number of nitrogens with one attached hydrogen (secondary N) is 2. The van der Waals surface area contributed by atoms with E-state index in [0.717, 1.165) is 49.6 Å². The number of aliphatic imine (C=N–C) groups is 1. The molecule has 30 heavy (non-hydrogen) atoms. The highest BCUT2D eigenvalue weighted by atomic mass is 127. The van der Waals surface area contributed by atoms with Gasteiger partial charge in [0.2, 0.25) is 10.0 Å². The van der Waals surface area contributed by atoms with Gasteiger partial charge in [-0.1, -0.05) is 18.2 Å². The predicted molar refractivity (Wildman–Crippen MR) is 131 cm³/mol. The zero-order valence-electron chi connectivity index (χ0n) is 17.3. The number of guanidine groups is 1. The number of pyridine rings is 1. The number of nitrogens with zero attached hydrogens (tertiary/aromatic N) is 3. The van der Waals surface area contributed by atoms with Crippen LogP contribution in [0.2, 0.25) is 0 Å². The van der Waals surface area contributed by atoms with E-state index in [4.69, 9.17) is 0 Å². The van der Waals surface area contributed by atoms with Crippen LogP contribution < -0.4 is 10.6 Å². The second-order valence-electron chi connectivity index (χ2n) is 6.95.